The Balaban J connectivity index is 1.70. The molecule has 0 bridgehead atoms. The fourth-order valence-electron chi connectivity index (χ4n) is 3.49. The number of amides is 1. The molecule has 0 unspecified atom stereocenters. The van der Waals surface area contributed by atoms with Gasteiger partial charge in [0.25, 0.3) is 11.6 Å². The first-order valence-corrected chi connectivity index (χ1v) is 10.4. The van der Waals surface area contributed by atoms with E-state index in [1.807, 2.05) is 56.3 Å². The number of non-ortho nitro benzene ring substituents is 1. The van der Waals surface area contributed by atoms with Crippen LogP contribution in [0.25, 0.3) is 11.8 Å². The summed E-state index contributed by atoms with van der Waals surface area (Å²) in [5.74, 6) is -0.282. The van der Waals surface area contributed by atoms with Gasteiger partial charge in [0.2, 0.25) is 0 Å². The van der Waals surface area contributed by atoms with Gasteiger partial charge >= 0.3 is 0 Å². The number of hydrogen-bond donors (Lipinski definition) is 0. The number of para-hydroxylation sites is 1. The number of aryl methyl sites for hydroxylation is 1. The molecule has 1 aromatic heterocycles. The summed E-state index contributed by atoms with van der Waals surface area (Å²) in [6.45, 7) is 4.03. The van der Waals surface area contributed by atoms with Crippen LogP contribution in [0, 0.1) is 24.0 Å². The van der Waals surface area contributed by atoms with Gasteiger partial charge in [-0.2, -0.15) is 0 Å². The van der Waals surface area contributed by atoms with Gasteiger partial charge in [0, 0.05) is 29.2 Å². The molecule has 8 heteroatoms. The summed E-state index contributed by atoms with van der Waals surface area (Å²) < 4.78 is 2.48. The Hall–Kier alpha value is -3.23. The summed E-state index contributed by atoms with van der Waals surface area (Å²) in [4.78, 5) is 25.5. The van der Waals surface area contributed by atoms with E-state index in [0.29, 0.717) is 14.9 Å². The van der Waals surface area contributed by atoms with Crippen molar-refractivity contribution in [2.75, 3.05) is 4.90 Å². The first kappa shape index (κ1) is 20.1. The largest absolute Gasteiger partial charge is 0.318 e. The molecule has 30 heavy (non-hydrogen) atoms. The predicted molar refractivity (Wildman–Crippen MR) is 124 cm³/mol. The molecule has 0 atom stereocenters. The Morgan fingerprint density at radius 1 is 1.03 bits per heavy atom. The van der Waals surface area contributed by atoms with Gasteiger partial charge in [0.05, 0.1) is 15.5 Å². The van der Waals surface area contributed by atoms with Gasteiger partial charge in [-0.25, -0.2) is 0 Å². The van der Waals surface area contributed by atoms with E-state index in [-0.39, 0.29) is 11.6 Å². The number of nitrogens with zero attached hydrogens (tertiary/aromatic N) is 3. The first-order valence-electron chi connectivity index (χ1n) is 9.13. The summed E-state index contributed by atoms with van der Waals surface area (Å²) in [5, 5.41) is 11.1. The normalized spacial score (nSPS) is 15.3. The first-order chi connectivity index (χ1) is 14.4. The van der Waals surface area contributed by atoms with E-state index in [0.717, 1.165) is 22.6 Å². The number of rotatable bonds is 4. The predicted octanol–water partition coefficient (Wildman–Crippen LogP) is 5.41. The number of anilines is 1. The summed E-state index contributed by atoms with van der Waals surface area (Å²) in [5.41, 5.74) is 4.35. The van der Waals surface area contributed by atoms with E-state index >= 15 is 0 Å². The van der Waals surface area contributed by atoms with Crippen LogP contribution in [0.4, 0.5) is 11.4 Å². The highest BCUT2D eigenvalue weighted by molar-refractivity contribution is 8.27. The molecule has 2 aromatic carbocycles. The molecule has 6 nitrogen and oxygen atoms in total. The number of hydrogen-bond acceptors (Lipinski definition) is 5. The molecule has 0 N–H and O–H groups in total. The second-order valence-electron chi connectivity index (χ2n) is 6.79. The van der Waals surface area contributed by atoms with Crippen molar-refractivity contribution in [3.63, 3.8) is 0 Å². The SMILES string of the molecule is Cc1cc(/C=C2\SC(=S)N(c3cccc([N+](=O)[O-])c3)C2=O)c(C)n1-c1ccccc1. The second kappa shape index (κ2) is 7.89. The molecule has 0 spiro atoms. The van der Waals surface area contributed by atoms with Crippen molar-refractivity contribution < 1.29 is 9.72 Å². The van der Waals surface area contributed by atoms with E-state index in [2.05, 4.69) is 4.57 Å². The maximum atomic E-state index is 13.0. The summed E-state index contributed by atoms with van der Waals surface area (Å²) in [6.07, 6.45) is 1.83. The van der Waals surface area contributed by atoms with Crippen molar-refractivity contribution in [1.29, 1.82) is 0 Å². The Kier molecular flexibility index (Phi) is 5.27. The zero-order valence-electron chi connectivity index (χ0n) is 16.2. The van der Waals surface area contributed by atoms with Crippen LogP contribution < -0.4 is 4.90 Å². The average molecular weight is 436 g/mol. The van der Waals surface area contributed by atoms with Gasteiger partial charge < -0.3 is 4.57 Å². The van der Waals surface area contributed by atoms with Crippen LogP contribution in [-0.2, 0) is 4.79 Å². The van der Waals surface area contributed by atoms with Crippen molar-refractivity contribution in [3.8, 4) is 5.69 Å². The molecule has 1 aliphatic rings. The molecule has 1 aliphatic heterocycles. The van der Waals surface area contributed by atoms with Crippen LogP contribution >= 0.6 is 24.0 Å². The van der Waals surface area contributed by atoms with Gasteiger partial charge in [0.1, 0.15) is 0 Å². The molecule has 0 saturated carbocycles. The lowest BCUT2D eigenvalue weighted by Gasteiger charge is -2.13. The lowest BCUT2D eigenvalue weighted by Crippen LogP contribution is -2.27. The summed E-state index contributed by atoms with van der Waals surface area (Å²) in [6, 6.07) is 18.0. The van der Waals surface area contributed by atoms with Crippen LogP contribution in [0.1, 0.15) is 17.0 Å². The van der Waals surface area contributed by atoms with Crippen LogP contribution in [-0.4, -0.2) is 19.7 Å². The van der Waals surface area contributed by atoms with Gasteiger partial charge in [-0.1, -0.05) is 48.2 Å². The third-order valence-corrected chi connectivity index (χ3v) is 6.17. The Morgan fingerprint density at radius 3 is 2.43 bits per heavy atom. The van der Waals surface area contributed by atoms with Gasteiger partial charge in [-0.3, -0.25) is 19.8 Å². The van der Waals surface area contributed by atoms with Crippen molar-refractivity contribution in [2.24, 2.45) is 0 Å². The minimum absolute atomic E-state index is 0.0862. The number of nitro benzene ring substituents is 1. The molecule has 0 radical (unpaired) electrons. The summed E-state index contributed by atoms with van der Waals surface area (Å²) in [7, 11) is 0. The minimum Gasteiger partial charge on any atom is -0.318 e. The highest BCUT2D eigenvalue weighted by Gasteiger charge is 2.34. The summed E-state index contributed by atoms with van der Waals surface area (Å²) >= 11 is 6.59. The molecule has 4 rings (SSSR count). The number of thiocarbonyl (C=S) groups is 1. The molecule has 0 aliphatic carbocycles. The quantitative estimate of drug-likeness (QED) is 0.237. The molecule has 1 amide bonds. The Morgan fingerprint density at radius 2 is 1.73 bits per heavy atom. The monoisotopic (exact) mass is 435 g/mol. The number of benzene rings is 2. The van der Waals surface area contributed by atoms with Crippen molar-refractivity contribution in [2.45, 2.75) is 13.8 Å². The molecule has 3 aromatic rings. The Bertz CT molecular complexity index is 1220. The number of aromatic nitrogens is 1. The number of nitro groups is 1. The standard InChI is InChI=1S/C22H17N3O3S2/c1-14-11-16(15(2)23(14)17-7-4-3-5-8-17)12-20-21(26)24(22(29)30-20)18-9-6-10-19(13-18)25(27)28/h3-13H,1-2H3/b20-12-. The fourth-order valence-corrected chi connectivity index (χ4v) is 4.78. The van der Waals surface area contributed by atoms with E-state index < -0.39 is 4.92 Å². The lowest BCUT2D eigenvalue weighted by molar-refractivity contribution is -0.384. The smallest absolute Gasteiger partial charge is 0.271 e. The van der Waals surface area contributed by atoms with E-state index in [1.165, 1.54) is 28.8 Å². The average Bonchev–Trinajstić information content (AvgIpc) is 3.17. The van der Waals surface area contributed by atoms with E-state index in [9.17, 15) is 14.9 Å². The zero-order valence-corrected chi connectivity index (χ0v) is 17.9. The minimum atomic E-state index is -0.491. The molecular weight excluding hydrogens is 418 g/mol. The number of thioether (sulfide) groups is 1. The van der Waals surface area contributed by atoms with Gasteiger partial charge in [-0.15, -0.1) is 0 Å². The van der Waals surface area contributed by atoms with E-state index in [4.69, 9.17) is 12.2 Å². The molecular formula is C22H17N3O3S2. The highest BCUT2D eigenvalue weighted by atomic mass is 32.2. The highest BCUT2D eigenvalue weighted by Crippen LogP contribution is 2.37. The number of carbonyl (C=O) groups excluding carboxylic acids is 1. The maximum absolute atomic E-state index is 13.0. The van der Waals surface area contributed by atoms with Crippen molar-refractivity contribution in [3.05, 3.63) is 92.6 Å². The van der Waals surface area contributed by atoms with E-state index in [1.54, 1.807) is 12.1 Å². The topological polar surface area (TPSA) is 68.4 Å². The molecule has 2 heterocycles. The van der Waals surface area contributed by atoms with Crippen LogP contribution in [0.2, 0.25) is 0 Å². The zero-order chi connectivity index (χ0) is 21.4. The van der Waals surface area contributed by atoms with Gasteiger partial charge in [0.15, 0.2) is 4.32 Å². The van der Waals surface area contributed by atoms with Crippen molar-refractivity contribution in [1.82, 2.24) is 4.57 Å². The van der Waals surface area contributed by atoms with Gasteiger partial charge in [-0.05, 0) is 49.8 Å². The third-order valence-electron chi connectivity index (χ3n) is 4.86. The fraction of sp³-hybridized carbons (Fsp3) is 0.0909. The Labute approximate surface area is 183 Å². The van der Waals surface area contributed by atoms with Crippen LogP contribution in [0.15, 0.2) is 65.6 Å². The van der Waals surface area contributed by atoms with Crippen LogP contribution in [0.3, 0.4) is 0 Å². The third kappa shape index (κ3) is 3.55. The lowest BCUT2D eigenvalue weighted by atomic mass is 10.2. The maximum Gasteiger partial charge on any atom is 0.271 e. The molecule has 1 fully saturated rings. The van der Waals surface area contributed by atoms with Crippen molar-refractivity contribution >= 4 is 51.7 Å². The molecule has 1 saturated heterocycles. The number of carbonyl (C=O) groups is 1. The molecule has 150 valence electrons. The van der Waals surface area contributed by atoms with Crippen LogP contribution in [0.5, 0.6) is 0 Å². The second-order valence-corrected chi connectivity index (χ2v) is 8.47.